The number of rotatable bonds is 2. The van der Waals surface area contributed by atoms with Crippen LogP contribution < -0.4 is 15.0 Å². The van der Waals surface area contributed by atoms with Crippen LogP contribution in [0.2, 0.25) is 0 Å². The smallest absolute Gasteiger partial charge is 0.131 e. The highest BCUT2D eigenvalue weighted by Crippen LogP contribution is 2.25. The zero-order chi connectivity index (χ0) is 13.1. The molecule has 0 aliphatic carbocycles. The average molecular weight is 255 g/mol. The first-order valence-electron chi connectivity index (χ1n) is 6.47. The summed E-state index contributed by atoms with van der Waals surface area (Å²) in [5, 5.41) is 3.07. The predicted molar refractivity (Wildman–Crippen MR) is 76.8 cm³/mol. The van der Waals surface area contributed by atoms with Crippen LogP contribution in [-0.2, 0) is 6.54 Å². The maximum Gasteiger partial charge on any atom is 0.131 e. The summed E-state index contributed by atoms with van der Waals surface area (Å²) in [6, 6.07) is 14.2. The Labute approximate surface area is 113 Å². The Morgan fingerprint density at radius 3 is 2.95 bits per heavy atom. The Kier molecular flexibility index (Phi) is 3.23. The molecule has 0 atom stereocenters. The van der Waals surface area contributed by atoms with Gasteiger partial charge in [0.25, 0.3) is 0 Å². The quantitative estimate of drug-likeness (QED) is 0.894. The normalized spacial score (nSPS) is 14.3. The molecule has 0 unspecified atom stereocenters. The molecule has 0 radical (unpaired) electrons. The molecule has 3 rings (SSSR count). The third kappa shape index (κ3) is 2.47. The summed E-state index contributed by atoms with van der Waals surface area (Å²) < 4.78 is 5.77. The Balaban J connectivity index is 1.89. The van der Waals surface area contributed by atoms with Crippen LogP contribution in [0, 0.1) is 0 Å². The van der Waals surface area contributed by atoms with Crippen LogP contribution in [0.5, 0.6) is 5.75 Å². The van der Waals surface area contributed by atoms with Crippen LogP contribution in [0.15, 0.2) is 42.5 Å². The second-order valence-electron chi connectivity index (χ2n) is 4.51. The van der Waals surface area contributed by atoms with Crippen molar-refractivity contribution in [1.82, 2.24) is 4.98 Å². The molecule has 0 saturated heterocycles. The van der Waals surface area contributed by atoms with E-state index in [2.05, 4.69) is 21.3 Å². The van der Waals surface area contributed by atoms with E-state index in [9.17, 15) is 0 Å². The Hall–Kier alpha value is -2.23. The van der Waals surface area contributed by atoms with Gasteiger partial charge in [0, 0.05) is 19.2 Å². The van der Waals surface area contributed by atoms with Gasteiger partial charge in [-0.3, -0.25) is 0 Å². The number of aromatic nitrogens is 1. The van der Waals surface area contributed by atoms with Crippen LogP contribution in [0.3, 0.4) is 0 Å². The number of nitrogens with one attached hydrogen (secondary N) is 1. The zero-order valence-corrected chi connectivity index (χ0v) is 11.0. The first-order chi connectivity index (χ1) is 9.36. The highest BCUT2D eigenvalue weighted by molar-refractivity contribution is 5.49. The zero-order valence-electron chi connectivity index (χ0n) is 11.0. The van der Waals surface area contributed by atoms with Crippen LogP contribution in [0.4, 0.5) is 11.6 Å². The van der Waals surface area contributed by atoms with Crippen molar-refractivity contribution in [3.05, 3.63) is 48.0 Å². The molecule has 98 valence electrons. The van der Waals surface area contributed by atoms with E-state index in [1.54, 1.807) is 0 Å². The minimum absolute atomic E-state index is 0.683. The van der Waals surface area contributed by atoms with Gasteiger partial charge in [0.15, 0.2) is 0 Å². The van der Waals surface area contributed by atoms with E-state index in [0.717, 1.165) is 30.5 Å². The summed E-state index contributed by atoms with van der Waals surface area (Å²) in [5.41, 5.74) is 1.21. The van der Waals surface area contributed by atoms with E-state index in [0.29, 0.717) is 6.61 Å². The largest absolute Gasteiger partial charge is 0.491 e. The number of nitrogens with zero attached hydrogens (tertiary/aromatic N) is 2. The molecule has 1 aromatic heterocycles. The van der Waals surface area contributed by atoms with E-state index in [-0.39, 0.29) is 0 Å². The van der Waals surface area contributed by atoms with Gasteiger partial charge in [-0.15, -0.1) is 0 Å². The molecule has 4 heteroatoms. The molecule has 1 aliphatic rings. The van der Waals surface area contributed by atoms with Gasteiger partial charge < -0.3 is 15.0 Å². The third-order valence-corrected chi connectivity index (χ3v) is 3.27. The topological polar surface area (TPSA) is 37.4 Å². The molecule has 0 bridgehead atoms. The van der Waals surface area contributed by atoms with E-state index in [4.69, 9.17) is 4.74 Å². The first kappa shape index (κ1) is 11.8. The molecular formula is C15H17N3O. The highest BCUT2D eigenvalue weighted by Gasteiger charge is 2.16. The summed E-state index contributed by atoms with van der Waals surface area (Å²) in [4.78, 5) is 6.83. The molecule has 1 N–H and O–H groups in total. The van der Waals surface area contributed by atoms with Gasteiger partial charge in [-0.05, 0) is 18.2 Å². The summed E-state index contributed by atoms with van der Waals surface area (Å²) in [6.07, 6.45) is 0. The van der Waals surface area contributed by atoms with Gasteiger partial charge in [0.05, 0.1) is 6.54 Å². The number of fused-ring (bicyclic) bond motifs is 1. The summed E-state index contributed by atoms with van der Waals surface area (Å²) in [5.74, 6) is 2.85. The molecule has 4 nitrogen and oxygen atoms in total. The van der Waals surface area contributed by atoms with Gasteiger partial charge in [-0.2, -0.15) is 0 Å². The van der Waals surface area contributed by atoms with Gasteiger partial charge in [0.1, 0.15) is 24.0 Å². The monoisotopic (exact) mass is 255 g/mol. The molecular weight excluding hydrogens is 238 g/mol. The van der Waals surface area contributed by atoms with Crippen LogP contribution >= 0.6 is 0 Å². The number of pyridine rings is 1. The Morgan fingerprint density at radius 1 is 1.16 bits per heavy atom. The molecule has 2 heterocycles. The fourth-order valence-electron chi connectivity index (χ4n) is 2.26. The second-order valence-corrected chi connectivity index (χ2v) is 4.51. The van der Waals surface area contributed by atoms with E-state index < -0.39 is 0 Å². The lowest BCUT2D eigenvalue weighted by Gasteiger charge is -2.21. The predicted octanol–water partition coefficient (Wildman–Crippen LogP) is 2.52. The maximum absolute atomic E-state index is 5.77. The standard InChI is InChI=1S/C15H17N3O/c1-16-14-7-4-8-15(17-14)18-9-10-19-13-6-3-2-5-12(13)11-18/h2-8H,9-11H2,1H3,(H,16,17). The van der Waals surface area contributed by atoms with E-state index >= 15 is 0 Å². The first-order valence-corrected chi connectivity index (χ1v) is 6.47. The Morgan fingerprint density at radius 2 is 2.05 bits per heavy atom. The minimum atomic E-state index is 0.683. The summed E-state index contributed by atoms with van der Waals surface area (Å²) in [6.45, 7) is 2.35. The molecule has 0 amide bonds. The minimum Gasteiger partial charge on any atom is -0.491 e. The van der Waals surface area contributed by atoms with Gasteiger partial charge in [-0.25, -0.2) is 4.98 Å². The molecule has 19 heavy (non-hydrogen) atoms. The fraction of sp³-hybridized carbons (Fsp3) is 0.267. The lowest BCUT2D eigenvalue weighted by atomic mass is 10.2. The van der Waals surface area contributed by atoms with Gasteiger partial charge in [-0.1, -0.05) is 24.3 Å². The lowest BCUT2D eigenvalue weighted by molar-refractivity contribution is 0.331. The molecule has 0 spiro atoms. The number of benzene rings is 1. The second kappa shape index (κ2) is 5.18. The van der Waals surface area contributed by atoms with Crippen LogP contribution in [-0.4, -0.2) is 25.2 Å². The van der Waals surface area contributed by atoms with Crippen molar-refractivity contribution >= 4 is 11.6 Å². The number of hydrogen-bond acceptors (Lipinski definition) is 4. The average Bonchev–Trinajstić information content (AvgIpc) is 2.69. The van der Waals surface area contributed by atoms with Crippen molar-refractivity contribution in [2.45, 2.75) is 6.54 Å². The van der Waals surface area contributed by atoms with E-state index in [1.165, 1.54) is 5.56 Å². The molecule has 1 aromatic carbocycles. The SMILES string of the molecule is CNc1cccc(N2CCOc3ccccc3C2)n1. The van der Waals surface area contributed by atoms with Crippen molar-refractivity contribution in [3.8, 4) is 5.75 Å². The van der Waals surface area contributed by atoms with Crippen molar-refractivity contribution in [2.24, 2.45) is 0 Å². The molecule has 0 fully saturated rings. The Bertz CT molecular complexity index is 571. The summed E-state index contributed by atoms with van der Waals surface area (Å²) >= 11 is 0. The van der Waals surface area contributed by atoms with Gasteiger partial charge in [0.2, 0.25) is 0 Å². The van der Waals surface area contributed by atoms with Crippen molar-refractivity contribution < 1.29 is 4.74 Å². The van der Waals surface area contributed by atoms with Crippen molar-refractivity contribution in [1.29, 1.82) is 0 Å². The summed E-state index contributed by atoms with van der Waals surface area (Å²) in [7, 11) is 1.88. The van der Waals surface area contributed by atoms with Crippen LogP contribution in [0.1, 0.15) is 5.56 Å². The molecule has 1 aliphatic heterocycles. The molecule has 2 aromatic rings. The maximum atomic E-state index is 5.77. The molecule has 0 saturated carbocycles. The number of ether oxygens (including phenoxy) is 1. The number of para-hydroxylation sites is 1. The van der Waals surface area contributed by atoms with Crippen LogP contribution in [0.25, 0.3) is 0 Å². The highest BCUT2D eigenvalue weighted by atomic mass is 16.5. The number of anilines is 2. The van der Waals surface area contributed by atoms with E-state index in [1.807, 2.05) is 43.4 Å². The van der Waals surface area contributed by atoms with Gasteiger partial charge >= 0.3 is 0 Å². The number of hydrogen-bond donors (Lipinski definition) is 1. The van der Waals surface area contributed by atoms with Crippen molar-refractivity contribution in [3.63, 3.8) is 0 Å². The third-order valence-electron chi connectivity index (χ3n) is 3.27. The van der Waals surface area contributed by atoms with Crippen molar-refractivity contribution in [2.75, 3.05) is 30.4 Å². The fourth-order valence-corrected chi connectivity index (χ4v) is 2.26. The lowest BCUT2D eigenvalue weighted by Crippen LogP contribution is -2.26.